The molecule has 1 fully saturated rings. The van der Waals surface area contributed by atoms with Crippen LogP contribution in [-0.2, 0) is 5.41 Å². The molecule has 0 heterocycles. The van der Waals surface area contributed by atoms with E-state index in [1.807, 2.05) is 0 Å². The molecule has 0 saturated heterocycles. The Morgan fingerprint density at radius 2 is 1.93 bits per heavy atom. The summed E-state index contributed by atoms with van der Waals surface area (Å²) in [6.07, 6.45) is 2.51. The fourth-order valence-electron chi connectivity index (χ4n) is 2.09. The van der Waals surface area contributed by atoms with Crippen molar-refractivity contribution in [1.29, 1.82) is 0 Å². The highest BCUT2D eigenvalue weighted by atomic mass is 79.9. The molecule has 0 aromatic heterocycles. The van der Waals surface area contributed by atoms with Crippen molar-refractivity contribution >= 4 is 15.9 Å². The average Bonchev–Trinajstić information content (AvgIpc) is 2.92. The van der Waals surface area contributed by atoms with Crippen LogP contribution in [0.5, 0.6) is 0 Å². The van der Waals surface area contributed by atoms with Crippen molar-refractivity contribution in [3.63, 3.8) is 0 Å². The molecule has 14 heavy (non-hydrogen) atoms. The summed E-state index contributed by atoms with van der Waals surface area (Å²) in [5.41, 5.74) is 10.3. The third kappa shape index (κ3) is 1.51. The first-order valence-corrected chi connectivity index (χ1v) is 5.86. The Balaban J connectivity index is 2.49. The van der Waals surface area contributed by atoms with Crippen LogP contribution in [0.15, 0.2) is 16.6 Å². The Morgan fingerprint density at radius 1 is 1.29 bits per heavy atom. The molecule has 76 valence electrons. The first-order valence-electron chi connectivity index (χ1n) is 5.06. The van der Waals surface area contributed by atoms with E-state index in [0.29, 0.717) is 5.41 Å². The fraction of sp³-hybridized carbons (Fsp3) is 0.500. The predicted octanol–water partition coefficient (Wildman–Crippen LogP) is 3.06. The predicted molar refractivity (Wildman–Crippen MR) is 63.6 cm³/mol. The lowest BCUT2D eigenvalue weighted by Gasteiger charge is -2.17. The minimum Gasteiger partial charge on any atom is -0.330 e. The molecule has 2 N–H and O–H groups in total. The monoisotopic (exact) mass is 253 g/mol. The first-order chi connectivity index (χ1) is 6.59. The van der Waals surface area contributed by atoms with Crippen LogP contribution in [0.25, 0.3) is 0 Å². The van der Waals surface area contributed by atoms with E-state index in [-0.39, 0.29) is 0 Å². The van der Waals surface area contributed by atoms with Crippen LogP contribution in [0.1, 0.15) is 29.5 Å². The highest BCUT2D eigenvalue weighted by Crippen LogP contribution is 2.49. The molecule has 0 atom stereocenters. The van der Waals surface area contributed by atoms with Gasteiger partial charge in [0.15, 0.2) is 0 Å². The molecule has 1 saturated carbocycles. The zero-order valence-corrected chi connectivity index (χ0v) is 10.3. The summed E-state index contributed by atoms with van der Waals surface area (Å²) in [7, 11) is 0. The van der Waals surface area contributed by atoms with Crippen LogP contribution in [0, 0.1) is 13.8 Å². The van der Waals surface area contributed by atoms with Gasteiger partial charge in [0, 0.05) is 16.4 Å². The van der Waals surface area contributed by atoms with Gasteiger partial charge in [0.05, 0.1) is 0 Å². The Kier molecular flexibility index (Phi) is 2.44. The second kappa shape index (κ2) is 3.35. The number of nitrogens with two attached hydrogens (primary N) is 1. The van der Waals surface area contributed by atoms with Crippen molar-refractivity contribution in [2.75, 3.05) is 6.54 Å². The smallest absolute Gasteiger partial charge is 0.0207 e. The molecule has 2 heteroatoms. The maximum atomic E-state index is 5.85. The van der Waals surface area contributed by atoms with Gasteiger partial charge < -0.3 is 5.73 Å². The first kappa shape index (κ1) is 10.2. The van der Waals surface area contributed by atoms with Gasteiger partial charge in [-0.3, -0.25) is 0 Å². The molecule has 1 aliphatic rings. The second-order valence-corrected chi connectivity index (χ2v) is 5.26. The summed E-state index contributed by atoms with van der Waals surface area (Å²) in [5.74, 6) is 0. The summed E-state index contributed by atoms with van der Waals surface area (Å²) in [6.45, 7) is 5.10. The Hall–Kier alpha value is -0.340. The average molecular weight is 254 g/mol. The normalized spacial score (nSPS) is 18.3. The van der Waals surface area contributed by atoms with Crippen LogP contribution in [0.4, 0.5) is 0 Å². The van der Waals surface area contributed by atoms with Crippen LogP contribution in [0.2, 0.25) is 0 Å². The number of rotatable bonds is 2. The Bertz CT molecular complexity index is 367. The van der Waals surface area contributed by atoms with E-state index in [1.54, 1.807) is 0 Å². The van der Waals surface area contributed by atoms with Gasteiger partial charge >= 0.3 is 0 Å². The van der Waals surface area contributed by atoms with Gasteiger partial charge in [-0.25, -0.2) is 0 Å². The van der Waals surface area contributed by atoms with E-state index in [4.69, 9.17) is 5.73 Å². The lowest BCUT2D eigenvalue weighted by molar-refractivity contribution is 0.698. The topological polar surface area (TPSA) is 26.0 Å². The number of benzene rings is 1. The van der Waals surface area contributed by atoms with Gasteiger partial charge in [0.2, 0.25) is 0 Å². The Morgan fingerprint density at radius 3 is 2.43 bits per heavy atom. The van der Waals surface area contributed by atoms with Crippen molar-refractivity contribution in [3.05, 3.63) is 33.3 Å². The number of aryl methyl sites for hydroxylation is 2. The third-order valence-corrected chi connectivity index (χ3v) is 4.18. The minimum atomic E-state index is 0.315. The van der Waals surface area contributed by atoms with E-state index >= 15 is 0 Å². The standard InChI is InChI=1S/C12H16BrN/c1-8-6-11(13)9(2)5-10(8)12(7-14)3-4-12/h5-6H,3-4,7,14H2,1-2H3. The Labute approximate surface area is 93.8 Å². The molecule has 1 nitrogen and oxygen atoms in total. The van der Waals surface area contributed by atoms with Gasteiger partial charge in [-0.1, -0.05) is 22.0 Å². The summed E-state index contributed by atoms with van der Waals surface area (Å²) in [5, 5.41) is 0. The van der Waals surface area contributed by atoms with E-state index < -0.39 is 0 Å². The van der Waals surface area contributed by atoms with Crippen LogP contribution < -0.4 is 5.73 Å². The van der Waals surface area contributed by atoms with Gasteiger partial charge in [-0.2, -0.15) is 0 Å². The fourth-order valence-corrected chi connectivity index (χ4v) is 2.54. The van der Waals surface area contributed by atoms with Crippen LogP contribution in [-0.4, -0.2) is 6.54 Å². The van der Waals surface area contributed by atoms with Crippen molar-refractivity contribution < 1.29 is 0 Å². The summed E-state index contributed by atoms with van der Waals surface area (Å²) < 4.78 is 1.20. The number of halogens is 1. The molecule has 0 unspecified atom stereocenters. The van der Waals surface area contributed by atoms with Crippen molar-refractivity contribution in [2.45, 2.75) is 32.1 Å². The molecule has 0 aliphatic heterocycles. The molecule has 1 aliphatic carbocycles. The summed E-state index contributed by atoms with van der Waals surface area (Å²) in [4.78, 5) is 0. The maximum absolute atomic E-state index is 5.85. The lowest BCUT2D eigenvalue weighted by atomic mass is 9.91. The zero-order chi connectivity index (χ0) is 10.3. The third-order valence-electron chi connectivity index (χ3n) is 3.32. The van der Waals surface area contributed by atoms with Gasteiger partial charge in [0.25, 0.3) is 0 Å². The zero-order valence-electron chi connectivity index (χ0n) is 8.73. The van der Waals surface area contributed by atoms with Gasteiger partial charge in [0.1, 0.15) is 0 Å². The largest absolute Gasteiger partial charge is 0.330 e. The maximum Gasteiger partial charge on any atom is 0.0207 e. The molecule has 1 aromatic rings. The van der Waals surface area contributed by atoms with Gasteiger partial charge in [-0.05, 0) is 49.4 Å². The second-order valence-electron chi connectivity index (χ2n) is 4.40. The summed E-state index contributed by atoms with van der Waals surface area (Å²) >= 11 is 3.56. The van der Waals surface area contributed by atoms with Crippen LogP contribution >= 0.6 is 15.9 Å². The number of hydrogen-bond donors (Lipinski definition) is 1. The van der Waals surface area contributed by atoms with E-state index in [1.165, 1.54) is 34.0 Å². The van der Waals surface area contributed by atoms with Crippen molar-refractivity contribution in [2.24, 2.45) is 5.73 Å². The molecular formula is C12H16BrN. The molecule has 1 aromatic carbocycles. The molecular weight excluding hydrogens is 238 g/mol. The van der Waals surface area contributed by atoms with Crippen LogP contribution in [0.3, 0.4) is 0 Å². The minimum absolute atomic E-state index is 0.315. The van der Waals surface area contributed by atoms with E-state index in [0.717, 1.165) is 6.54 Å². The SMILES string of the molecule is Cc1cc(C2(CN)CC2)c(C)cc1Br. The van der Waals surface area contributed by atoms with E-state index in [2.05, 4.69) is 41.9 Å². The van der Waals surface area contributed by atoms with Crippen molar-refractivity contribution in [3.8, 4) is 0 Å². The highest BCUT2D eigenvalue weighted by Gasteiger charge is 2.43. The van der Waals surface area contributed by atoms with E-state index in [9.17, 15) is 0 Å². The van der Waals surface area contributed by atoms with Gasteiger partial charge in [-0.15, -0.1) is 0 Å². The molecule has 0 radical (unpaired) electrons. The van der Waals surface area contributed by atoms with Crippen molar-refractivity contribution in [1.82, 2.24) is 0 Å². The molecule has 0 bridgehead atoms. The lowest BCUT2D eigenvalue weighted by Crippen LogP contribution is -2.20. The molecule has 2 rings (SSSR count). The number of hydrogen-bond acceptors (Lipinski definition) is 1. The molecule has 0 amide bonds. The molecule has 0 spiro atoms. The summed E-state index contributed by atoms with van der Waals surface area (Å²) in [6, 6.07) is 4.50. The quantitative estimate of drug-likeness (QED) is 0.862. The highest BCUT2D eigenvalue weighted by molar-refractivity contribution is 9.10.